The first-order valence-electron chi connectivity index (χ1n) is 10.8. The number of likely N-dealkylation sites (tertiary alicyclic amines) is 1. The Morgan fingerprint density at radius 2 is 1.87 bits per heavy atom. The standard InChI is InChI=1S/C23H30N4O3/c1-25-12-3-13-27-21(23(25)29)16-20(24-27)18-10-14-26(15-11-18)22(28)9-6-17-4-7-19(30-2)8-5-17/h4-5,7-8,16,18H,3,6,9-15H2,1-2H3. The third kappa shape index (κ3) is 4.35. The van der Waals surface area contributed by atoms with E-state index >= 15 is 0 Å². The van der Waals surface area contributed by atoms with Gasteiger partial charge in [0.2, 0.25) is 5.91 Å². The average Bonchev–Trinajstić information content (AvgIpc) is 3.16. The fourth-order valence-corrected chi connectivity index (χ4v) is 4.36. The summed E-state index contributed by atoms with van der Waals surface area (Å²) in [4.78, 5) is 28.9. The molecule has 0 N–H and O–H groups in total. The lowest BCUT2D eigenvalue weighted by Crippen LogP contribution is -2.38. The third-order valence-electron chi connectivity index (χ3n) is 6.28. The summed E-state index contributed by atoms with van der Waals surface area (Å²) < 4.78 is 7.05. The van der Waals surface area contributed by atoms with Crippen molar-refractivity contribution >= 4 is 11.8 Å². The largest absolute Gasteiger partial charge is 0.497 e. The van der Waals surface area contributed by atoms with E-state index in [0.717, 1.165) is 68.9 Å². The minimum atomic E-state index is 0.0531. The minimum Gasteiger partial charge on any atom is -0.497 e. The van der Waals surface area contributed by atoms with E-state index in [2.05, 4.69) is 0 Å². The molecule has 2 aromatic rings. The number of rotatable bonds is 5. The molecule has 30 heavy (non-hydrogen) atoms. The van der Waals surface area contributed by atoms with Gasteiger partial charge in [-0.2, -0.15) is 5.10 Å². The molecule has 1 aromatic carbocycles. The predicted molar refractivity (Wildman–Crippen MR) is 114 cm³/mol. The number of fused-ring (bicyclic) bond motifs is 1. The third-order valence-corrected chi connectivity index (χ3v) is 6.28. The van der Waals surface area contributed by atoms with Gasteiger partial charge in [0.15, 0.2) is 0 Å². The predicted octanol–water partition coefficient (Wildman–Crippen LogP) is 2.71. The van der Waals surface area contributed by atoms with Crippen LogP contribution in [0.3, 0.4) is 0 Å². The summed E-state index contributed by atoms with van der Waals surface area (Å²) in [7, 11) is 3.50. The van der Waals surface area contributed by atoms with E-state index in [9.17, 15) is 9.59 Å². The molecule has 0 radical (unpaired) electrons. The molecule has 0 unspecified atom stereocenters. The van der Waals surface area contributed by atoms with Crippen LogP contribution >= 0.6 is 0 Å². The van der Waals surface area contributed by atoms with Crippen molar-refractivity contribution in [2.45, 2.75) is 44.6 Å². The number of carbonyl (C=O) groups excluding carboxylic acids is 2. The molecule has 0 atom stereocenters. The van der Waals surface area contributed by atoms with Crippen molar-refractivity contribution in [2.75, 3.05) is 33.8 Å². The summed E-state index contributed by atoms with van der Waals surface area (Å²) in [6.07, 6.45) is 3.99. The zero-order valence-electron chi connectivity index (χ0n) is 17.8. The summed E-state index contributed by atoms with van der Waals surface area (Å²) in [5.41, 5.74) is 2.84. The van der Waals surface area contributed by atoms with Crippen LogP contribution in [0, 0.1) is 0 Å². The zero-order valence-corrected chi connectivity index (χ0v) is 17.8. The van der Waals surface area contributed by atoms with Crippen LogP contribution < -0.4 is 4.74 Å². The van der Waals surface area contributed by atoms with Gasteiger partial charge in [0, 0.05) is 45.6 Å². The highest BCUT2D eigenvalue weighted by atomic mass is 16.5. The van der Waals surface area contributed by atoms with Crippen molar-refractivity contribution in [1.82, 2.24) is 19.6 Å². The highest BCUT2D eigenvalue weighted by Gasteiger charge is 2.28. The number of nitrogens with zero attached hydrogens (tertiary/aromatic N) is 4. The van der Waals surface area contributed by atoms with Gasteiger partial charge in [-0.15, -0.1) is 0 Å². The van der Waals surface area contributed by atoms with Gasteiger partial charge in [0.1, 0.15) is 11.4 Å². The van der Waals surface area contributed by atoms with Gasteiger partial charge >= 0.3 is 0 Å². The van der Waals surface area contributed by atoms with Crippen LogP contribution in [0.5, 0.6) is 5.75 Å². The van der Waals surface area contributed by atoms with Crippen LogP contribution in [0.2, 0.25) is 0 Å². The Kier molecular flexibility index (Phi) is 6.06. The molecule has 0 spiro atoms. The van der Waals surface area contributed by atoms with E-state index in [-0.39, 0.29) is 11.8 Å². The van der Waals surface area contributed by atoms with Crippen LogP contribution in [0.25, 0.3) is 0 Å². The maximum absolute atomic E-state index is 12.6. The molecule has 2 amide bonds. The second-order valence-corrected chi connectivity index (χ2v) is 8.26. The lowest BCUT2D eigenvalue weighted by Gasteiger charge is -2.31. The van der Waals surface area contributed by atoms with Crippen molar-refractivity contribution in [3.63, 3.8) is 0 Å². The van der Waals surface area contributed by atoms with Crippen LogP contribution in [0.4, 0.5) is 0 Å². The second-order valence-electron chi connectivity index (χ2n) is 8.26. The molecule has 0 bridgehead atoms. The zero-order chi connectivity index (χ0) is 21.1. The lowest BCUT2D eigenvalue weighted by atomic mass is 9.93. The molecule has 1 fully saturated rings. The molecule has 2 aliphatic heterocycles. The van der Waals surface area contributed by atoms with E-state index < -0.39 is 0 Å². The summed E-state index contributed by atoms with van der Waals surface area (Å²) in [6, 6.07) is 9.86. The first-order chi connectivity index (χ1) is 14.5. The first-order valence-corrected chi connectivity index (χ1v) is 10.8. The van der Waals surface area contributed by atoms with Gasteiger partial charge < -0.3 is 14.5 Å². The quantitative estimate of drug-likeness (QED) is 0.760. The van der Waals surface area contributed by atoms with Crippen LogP contribution in [0.1, 0.15) is 53.3 Å². The van der Waals surface area contributed by atoms with Crippen molar-refractivity contribution in [3.05, 3.63) is 47.3 Å². The molecular weight excluding hydrogens is 380 g/mol. The van der Waals surface area contributed by atoms with Crippen LogP contribution in [0.15, 0.2) is 30.3 Å². The van der Waals surface area contributed by atoms with E-state index in [0.29, 0.717) is 18.0 Å². The highest BCUT2D eigenvalue weighted by Crippen LogP contribution is 2.29. The number of ether oxygens (including phenoxy) is 1. The van der Waals surface area contributed by atoms with E-state index in [1.807, 2.05) is 47.0 Å². The molecule has 3 heterocycles. The molecule has 1 saturated heterocycles. The Morgan fingerprint density at radius 1 is 1.13 bits per heavy atom. The monoisotopic (exact) mass is 410 g/mol. The van der Waals surface area contributed by atoms with E-state index in [1.165, 1.54) is 0 Å². The molecule has 4 rings (SSSR count). The normalized spacial score (nSPS) is 17.6. The number of aromatic nitrogens is 2. The second kappa shape index (κ2) is 8.90. The summed E-state index contributed by atoms with van der Waals surface area (Å²) in [5, 5.41) is 4.73. The van der Waals surface area contributed by atoms with Gasteiger partial charge in [0.25, 0.3) is 5.91 Å². The fraction of sp³-hybridized carbons (Fsp3) is 0.522. The molecule has 0 aliphatic carbocycles. The molecule has 0 saturated carbocycles. The highest BCUT2D eigenvalue weighted by molar-refractivity contribution is 5.92. The van der Waals surface area contributed by atoms with Crippen molar-refractivity contribution in [1.29, 1.82) is 0 Å². The summed E-state index contributed by atoms with van der Waals surface area (Å²) in [6.45, 7) is 3.06. The molecule has 160 valence electrons. The number of hydrogen-bond acceptors (Lipinski definition) is 4. The average molecular weight is 411 g/mol. The molecule has 7 heteroatoms. The van der Waals surface area contributed by atoms with E-state index in [4.69, 9.17) is 9.84 Å². The summed E-state index contributed by atoms with van der Waals surface area (Å²) in [5.74, 6) is 1.41. The van der Waals surface area contributed by atoms with E-state index in [1.54, 1.807) is 12.0 Å². The number of piperidine rings is 1. The Morgan fingerprint density at radius 3 is 2.57 bits per heavy atom. The molecule has 7 nitrogen and oxygen atoms in total. The van der Waals surface area contributed by atoms with Crippen molar-refractivity contribution in [2.24, 2.45) is 0 Å². The van der Waals surface area contributed by atoms with Gasteiger partial charge in [-0.3, -0.25) is 14.3 Å². The Bertz CT molecular complexity index is 898. The van der Waals surface area contributed by atoms with Crippen LogP contribution in [-0.2, 0) is 17.8 Å². The molecule has 1 aromatic heterocycles. The van der Waals surface area contributed by atoms with Gasteiger partial charge in [-0.25, -0.2) is 0 Å². The maximum atomic E-state index is 12.6. The Balaban J connectivity index is 1.30. The number of hydrogen-bond donors (Lipinski definition) is 0. The number of methoxy groups -OCH3 is 1. The maximum Gasteiger partial charge on any atom is 0.271 e. The Hall–Kier alpha value is -2.83. The molecular formula is C23H30N4O3. The van der Waals surface area contributed by atoms with Gasteiger partial charge in [-0.1, -0.05) is 12.1 Å². The smallest absolute Gasteiger partial charge is 0.271 e. The number of carbonyl (C=O) groups is 2. The van der Waals surface area contributed by atoms with Crippen LogP contribution in [-0.4, -0.2) is 65.2 Å². The number of benzene rings is 1. The van der Waals surface area contributed by atoms with Gasteiger partial charge in [0.05, 0.1) is 12.8 Å². The topological polar surface area (TPSA) is 67.7 Å². The molecule has 2 aliphatic rings. The summed E-state index contributed by atoms with van der Waals surface area (Å²) >= 11 is 0. The number of amides is 2. The van der Waals surface area contributed by atoms with Crippen molar-refractivity contribution in [3.8, 4) is 5.75 Å². The van der Waals surface area contributed by atoms with Gasteiger partial charge in [-0.05, 0) is 49.4 Å². The SMILES string of the molecule is COc1ccc(CCC(=O)N2CCC(c3cc4n(n3)CCCN(C)C4=O)CC2)cc1. The Labute approximate surface area is 177 Å². The lowest BCUT2D eigenvalue weighted by molar-refractivity contribution is -0.132. The fourth-order valence-electron chi connectivity index (χ4n) is 4.36. The number of aryl methyl sites for hydroxylation is 2. The van der Waals surface area contributed by atoms with Crippen molar-refractivity contribution < 1.29 is 14.3 Å². The minimum absolute atomic E-state index is 0.0531. The first kappa shape index (κ1) is 20.4.